The molecule has 6 nitrogen and oxygen atoms in total. The van der Waals surface area contributed by atoms with E-state index in [0.29, 0.717) is 0 Å². The number of rotatable bonds is 5. The first-order valence-electron chi connectivity index (χ1n) is 7.74. The molecule has 0 radical (unpaired) electrons. The average Bonchev–Trinajstić information content (AvgIpc) is 2.99. The summed E-state index contributed by atoms with van der Waals surface area (Å²) >= 11 is 0.943. The molecule has 27 heavy (non-hydrogen) atoms. The van der Waals surface area contributed by atoms with Crippen molar-refractivity contribution in [2.75, 3.05) is 11.2 Å². The summed E-state index contributed by atoms with van der Waals surface area (Å²) in [5.74, 6) is 3.48. The van der Waals surface area contributed by atoms with Crippen LogP contribution >= 0.6 is 11.8 Å². The minimum Gasteiger partial charge on any atom is -0.335 e. The van der Waals surface area contributed by atoms with Crippen LogP contribution in [-0.4, -0.2) is 26.0 Å². The van der Waals surface area contributed by atoms with E-state index < -0.39 is 28.6 Å². The van der Waals surface area contributed by atoms with Crippen molar-refractivity contribution in [2.45, 2.75) is 17.3 Å². The zero-order valence-electron chi connectivity index (χ0n) is 14.0. The van der Waals surface area contributed by atoms with Crippen LogP contribution in [0, 0.1) is 17.5 Å². The molecule has 1 aromatic heterocycles. The van der Waals surface area contributed by atoms with Crippen molar-refractivity contribution >= 4 is 23.4 Å². The number of hydrogen-bond donors (Lipinski definition) is 2. The Balaban J connectivity index is 1.75. The Morgan fingerprint density at radius 1 is 1.15 bits per heavy atom. The summed E-state index contributed by atoms with van der Waals surface area (Å²) in [4.78, 5) is 12.2. The highest BCUT2D eigenvalue weighted by Gasteiger charge is 2.22. The largest absolute Gasteiger partial charge is 0.335 e. The van der Waals surface area contributed by atoms with Gasteiger partial charge in [-0.25, -0.2) is 17.8 Å². The van der Waals surface area contributed by atoms with E-state index in [2.05, 4.69) is 15.5 Å². The second-order valence-corrected chi connectivity index (χ2v) is 6.84. The third kappa shape index (κ3) is 4.05. The Bertz CT molecular complexity index is 994. The van der Waals surface area contributed by atoms with Gasteiger partial charge in [0.2, 0.25) is 11.1 Å². The van der Waals surface area contributed by atoms with Crippen molar-refractivity contribution in [2.24, 2.45) is 0 Å². The number of hydrogen-bond acceptors (Lipinski definition) is 5. The Morgan fingerprint density at radius 3 is 2.63 bits per heavy atom. The number of aromatic nitrogens is 3. The van der Waals surface area contributed by atoms with E-state index in [0.717, 1.165) is 34.6 Å². The normalized spacial score (nSPS) is 12.0. The first-order chi connectivity index (χ1) is 12.9. The highest BCUT2D eigenvalue weighted by atomic mass is 32.2. The molecule has 0 saturated carbocycles. The molecule has 2 aromatic carbocycles. The predicted octanol–water partition coefficient (Wildman–Crippen LogP) is 3.20. The first kappa shape index (κ1) is 18.8. The Hall–Kier alpha value is -3.01. The summed E-state index contributed by atoms with van der Waals surface area (Å²) in [5.41, 5.74) is -0.105. The number of nitrogen functional groups attached to an aromatic ring is 1. The van der Waals surface area contributed by atoms with Gasteiger partial charge in [0.25, 0.3) is 0 Å². The molecule has 0 unspecified atom stereocenters. The molecule has 3 N–H and O–H groups in total. The monoisotopic (exact) mass is 393 g/mol. The molecular formula is C17H14F3N5OS. The van der Waals surface area contributed by atoms with Gasteiger partial charge in [-0.05, 0) is 31.2 Å². The number of nitrogens with zero attached hydrogens (tertiary/aromatic N) is 3. The standard InChI is InChI=1S/C17H14F3N5OS/c1-9(16(26)22-14-8-10(18)6-7-13(14)20)27-17-24-23-15(25(17)21)11-4-2-3-5-12(11)19/h2-9H,21H2,1H3,(H,22,26)/t9-/m0/s1. The molecule has 0 fully saturated rings. The van der Waals surface area contributed by atoms with Crippen LogP contribution in [0.15, 0.2) is 47.6 Å². The lowest BCUT2D eigenvalue weighted by Crippen LogP contribution is -2.24. The summed E-state index contributed by atoms with van der Waals surface area (Å²) in [7, 11) is 0. The van der Waals surface area contributed by atoms with Crippen LogP contribution < -0.4 is 11.2 Å². The van der Waals surface area contributed by atoms with E-state index in [1.165, 1.54) is 25.1 Å². The van der Waals surface area contributed by atoms with Crippen LogP contribution in [-0.2, 0) is 4.79 Å². The number of anilines is 1. The van der Waals surface area contributed by atoms with E-state index in [-0.39, 0.29) is 22.2 Å². The number of thioether (sulfide) groups is 1. The zero-order chi connectivity index (χ0) is 19.6. The quantitative estimate of drug-likeness (QED) is 0.514. The van der Waals surface area contributed by atoms with E-state index >= 15 is 0 Å². The molecule has 1 heterocycles. The fourth-order valence-corrected chi connectivity index (χ4v) is 2.99. The predicted molar refractivity (Wildman–Crippen MR) is 95.9 cm³/mol. The van der Waals surface area contributed by atoms with E-state index in [1.807, 2.05) is 0 Å². The van der Waals surface area contributed by atoms with E-state index in [9.17, 15) is 18.0 Å². The number of nitrogens with one attached hydrogen (secondary N) is 1. The van der Waals surface area contributed by atoms with Crippen molar-refractivity contribution in [1.82, 2.24) is 14.9 Å². The second-order valence-electron chi connectivity index (χ2n) is 5.53. The highest BCUT2D eigenvalue weighted by Crippen LogP contribution is 2.27. The third-order valence-electron chi connectivity index (χ3n) is 3.62. The fraction of sp³-hybridized carbons (Fsp3) is 0.118. The molecule has 1 atom stereocenters. The molecule has 0 bridgehead atoms. The van der Waals surface area contributed by atoms with Crippen LogP contribution in [0.4, 0.5) is 18.9 Å². The van der Waals surface area contributed by atoms with Crippen molar-refractivity contribution in [3.05, 3.63) is 59.9 Å². The van der Waals surface area contributed by atoms with E-state index in [1.54, 1.807) is 6.07 Å². The lowest BCUT2D eigenvalue weighted by Gasteiger charge is -2.12. The van der Waals surface area contributed by atoms with Gasteiger partial charge in [-0.3, -0.25) is 4.79 Å². The van der Waals surface area contributed by atoms with E-state index in [4.69, 9.17) is 5.84 Å². The van der Waals surface area contributed by atoms with Crippen molar-refractivity contribution < 1.29 is 18.0 Å². The molecule has 3 aromatic rings. The van der Waals surface area contributed by atoms with Gasteiger partial charge in [0.1, 0.15) is 17.5 Å². The minimum absolute atomic E-state index is 0.0967. The number of benzene rings is 2. The second kappa shape index (κ2) is 7.70. The summed E-state index contributed by atoms with van der Waals surface area (Å²) < 4.78 is 41.8. The highest BCUT2D eigenvalue weighted by molar-refractivity contribution is 8.00. The first-order valence-corrected chi connectivity index (χ1v) is 8.62. The minimum atomic E-state index is -0.759. The summed E-state index contributed by atoms with van der Waals surface area (Å²) in [5, 5.41) is 9.43. The van der Waals surface area contributed by atoms with Gasteiger partial charge in [0.15, 0.2) is 5.82 Å². The Labute approximate surface area is 156 Å². The van der Waals surface area contributed by atoms with Crippen LogP contribution in [0.1, 0.15) is 6.92 Å². The van der Waals surface area contributed by atoms with Crippen molar-refractivity contribution in [3.63, 3.8) is 0 Å². The van der Waals surface area contributed by atoms with Gasteiger partial charge in [-0.15, -0.1) is 10.2 Å². The molecule has 0 saturated heterocycles. The maximum Gasteiger partial charge on any atom is 0.237 e. The Kier molecular flexibility index (Phi) is 5.36. The van der Waals surface area contributed by atoms with Gasteiger partial charge >= 0.3 is 0 Å². The maximum atomic E-state index is 13.9. The van der Waals surface area contributed by atoms with Gasteiger partial charge in [0.05, 0.1) is 16.5 Å². The fourth-order valence-electron chi connectivity index (χ4n) is 2.22. The lowest BCUT2D eigenvalue weighted by atomic mass is 10.2. The Morgan fingerprint density at radius 2 is 1.89 bits per heavy atom. The lowest BCUT2D eigenvalue weighted by molar-refractivity contribution is -0.115. The molecule has 0 aliphatic carbocycles. The number of nitrogens with two attached hydrogens (primary N) is 1. The van der Waals surface area contributed by atoms with Crippen LogP contribution in [0.25, 0.3) is 11.4 Å². The number of amides is 1. The molecule has 140 valence electrons. The van der Waals surface area contributed by atoms with Crippen molar-refractivity contribution in [3.8, 4) is 11.4 Å². The number of carbonyl (C=O) groups excluding carboxylic acids is 1. The van der Waals surface area contributed by atoms with Gasteiger partial charge in [0, 0.05) is 6.07 Å². The summed E-state index contributed by atoms with van der Waals surface area (Å²) in [6, 6.07) is 8.67. The number of halogens is 3. The average molecular weight is 393 g/mol. The zero-order valence-corrected chi connectivity index (χ0v) is 14.8. The SMILES string of the molecule is C[C@H](Sc1nnc(-c2ccccc2F)n1N)C(=O)Nc1cc(F)ccc1F. The smallest absolute Gasteiger partial charge is 0.237 e. The number of carbonyl (C=O) groups is 1. The molecule has 1 amide bonds. The van der Waals surface area contributed by atoms with Crippen molar-refractivity contribution in [1.29, 1.82) is 0 Å². The molecule has 0 spiro atoms. The molecule has 10 heteroatoms. The topological polar surface area (TPSA) is 85.8 Å². The van der Waals surface area contributed by atoms with Gasteiger partial charge in [-0.1, -0.05) is 23.9 Å². The van der Waals surface area contributed by atoms with Crippen LogP contribution in [0.5, 0.6) is 0 Å². The third-order valence-corrected chi connectivity index (χ3v) is 4.67. The molecule has 0 aliphatic rings. The summed E-state index contributed by atoms with van der Waals surface area (Å²) in [6.45, 7) is 1.54. The summed E-state index contributed by atoms with van der Waals surface area (Å²) in [6.07, 6.45) is 0. The van der Waals surface area contributed by atoms with Crippen LogP contribution in [0.3, 0.4) is 0 Å². The molecule has 3 rings (SSSR count). The van der Waals surface area contributed by atoms with Gasteiger partial charge < -0.3 is 11.2 Å². The van der Waals surface area contributed by atoms with Gasteiger partial charge in [-0.2, -0.15) is 0 Å². The molecular weight excluding hydrogens is 379 g/mol. The molecule has 0 aliphatic heterocycles. The maximum absolute atomic E-state index is 13.9. The van der Waals surface area contributed by atoms with Crippen LogP contribution in [0.2, 0.25) is 0 Å².